The molecular weight excluding hydrogens is 404 g/mol. The Balaban J connectivity index is 1.47. The number of nitrogens with one attached hydrogen (secondary N) is 1. The van der Waals surface area contributed by atoms with Gasteiger partial charge in [0.2, 0.25) is 17.7 Å². The van der Waals surface area contributed by atoms with Crippen molar-refractivity contribution in [3.63, 3.8) is 0 Å². The third kappa shape index (κ3) is 7.05. The SMILES string of the molecule is CC(C)C(NC(=O)Cc1ccccc1)C(=O)N1CCN(CC(=O)N2CCCCCC2)CC1. The molecule has 0 saturated carbocycles. The molecule has 0 spiro atoms. The molecule has 1 aromatic rings. The predicted octanol–water partition coefficient (Wildman–Crippen LogP) is 1.92. The van der Waals surface area contributed by atoms with E-state index in [1.165, 1.54) is 12.8 Å². The zero-order chi connectivity index (χ0) is 22.9. The molecule has 176 valence electrons. The fourth-order valence-electron chi connectivity index (χ4n) is 4.45. The molecular formula is C25H38N4O3. The van der Waals surface area contributed by atoms with E-state index in [1.807, 2.05) is 54.0 Å². The molecule has 2 fully saturated rings. The van der Waals surface area contributed by atoms with Crippen LogP contribution in [-0.2, 0) is 20.8 Å². The van der Waals surface area contributed by atoms with Crippen molar-refractivity contribution in [1.82, 2.24) is 20.0 Å². The molecule has 1 unspecified atom stereocenters. The van der Waals surface area contributed by atoms with E-state index in [-0.39, 0.29) is 30.1 Å². The van der Waals surface area contributed by atoms with Crippen LogP contribution < -0.4 is 5.32 Å². The fraction of sp³-hybridized carbons (Fsp3) is 0.640. The van der Waals surface area contributed by atoms with Gasteiger partial charge in [0.25, 0.3) is 0 Å². The lowest BCUT2D eigenvalue weighted by Crippen LogP contribution is -2.57. The van der Waals surface area contributed by atoms with Gasteiger partial charge in [-0.15, -0.1) is 0 Å². The molecule has 0 radical (unpaired) electrons. The Bertz CT molecular complexity index is 752. The van der Waals surface area contributed by atoms with Gasteiger partial charge in [-0.05, 0) is 24.3 Å². The third-order valence-corrected chi connectivity index (χ3v) is 6.46. The van der Waals surface area contributed by atoms with Crippen LogP contribution in [0.4, 0.5) is 0 Å². The number of benzene rings is 1. The smallest absolute Gasteiger partial charge is 0.245 e. The number of hydrogen-bond acceptors (Lipinski definition) is 4. The number of hydrogen-bond donors (Lipinski definition) is 1. The van der Waals surface area contributed by atoms with Gasteiger partial charge < -0.3 is 15.1 Å². The van der Waals surface area contributed by atoms with Crippen LogP contribution in [0, 0.1) is 5.92 Å². The van der Waals surface area contributed by atoms with Gasteiger partial charge in [-0.2, -0.15) is 0 Å². The van der Waals surface area contributed by atoms with E-state index in [4.69, 9.17) is 0 Å². The summed E-state index contributed by atoms with van der Waals surface area (Å²) in [5, 5.41) is 2.95. The zero-order valence-corrected chi connectivity index (χ0v) is 19.6. The maximum Gasteiger partial charge on any atom is 0.245 e. The lowest BCUT2D eigenvalue weighted by atomic mass is 10.0. The van der Waals surface area contributed by atoms with Crippen molar-refractivity contribution in [2.45, 2.75) is 52.0 Å². The minimum Gasteiger partial charge on any atom is -0.344 e. The van der Waals surface area contributed by atoms with Gasteiger partial charge in [0.1, 0.15) is 6.04 Å². The maximum absolute atomic E-state index is 13.2. The molecule has 3 amide bonds. The van der Waals surface area contributed by atoms with Crippen molar-refractivity contribution in [2.24, 2.45) is 5.92 Å². The fourth-order valence-corrected chi connectivity index (χ4v) is 4.45. The molecule has 0 aromatic heterocycles. The standard InChI is InChI=1S/C25H38N4O3/c1-20(2)24(26-22(30)18-21-10-6-5-7-11-21)25(32)29-16-14-27(15-17-29)19-23(31)28-12-8-3-4-9-13-28/h5-7,10-11,20,24H,3-4,8-9,12-19H2,1-2H3,(H,26,30). The summed E-state index contributed by atoms with van der Waals surface area (Å²) in [5.41, 5.74) is 0.933. The predicted molar refractivity (Wildman–Crippen MR) is 125 cm³/mol. The Morgan fingerprint density at radius 1 is 0.844 bits per heavy atom. The molecule has 3 rings (SSSR count). The van der Waals surface area contributed by atoms with Gasteiger partial charge in [0, 0.05) is 39.3 Å². The number of carbonyl (C=O) groups excluding carboxylic acids is 3. The Morgan fingerprint density at radius 2 is 1.47 bits per heavy atom. The number of rotatable bonds is 7. The maximum atomic E-state index is 13.2. The molecule has 2 aliphatic rings. The van der Waals surface area contributed by atoms with Crippen molar-refractivity contribution in [2.75, 3.05) is 45.8 Å². The summed E-state index contributed by atoms with van der Waals surface area (Å²) in [6.45, 7) is 8.65. The summed E-state index contributed by atoms with van der Waals surface area (Å²) in [7, 11) is 0. The average Bonchev–Trinajstić information content (AvgIpc) is 3.08. The van der Waals surface area contributed by atoms with Crippen LogP contribution in [-0.4, -0.2) is 84.3 Å². The van der Waals surface area contributed by atoms with Crippen molar-refractivity contribution < 1.29 is 14.4 Å². The second-order valence-electron chi connectivity index (χ2n) is 9.35. The second-order valence-corrected chi connectivity index (χ2v) is 9.35. The number of carbonyl (C=O) groups is 3. The zero-order valence-electron chi connectivity index (χ0n) is 19.6. The lowest BCUT2D eigenvalue weighted by molar-refractivity contribution is -0.140. The normalized spacial score (nSPS) is 18.8. The van der Waals surface area contributed by atoms with Crippen molar-refractivity contribution in [3.05, 3.63) is 35.9 Å². The highest BCUT2D eigenvalue weighted by Gasteiger charge is 2.31. The summed E-state index contributed by atoms with van der Waals surface area (Å²) in [5.74, 6) is 0.0506. The van der Waals surface area contributed by atoms with E-state index in [2.05, 4.69) is 10.2 Å². The van der Waals surface area contributed by atoms with Crippen molar-refractivity contribution in [3.8, 4) is 0 Å². The van der Waals surface area contributed by atoms with Gasteiger partial charge in [0.05, 0.1) is 13.0 Å². The van der Waals surface area contributed by atoms with Gasteiger partial charge in [0.15, 0.2) is 0 Å². The monoisotopic (exact) mass is 442 g/mol. The first-order valence-electron chi connectivity index (χ1n) is 12.1. The van der Waals surface area contributed by atoms with Gasteiger partial charge in [-0.25, -0.2) is 0 Å². The minimum absolute atomic E-state index is 0.00451. The van der Waals surface area contributed by atoms with Gasteiger partial charge in [-0.3, -0.25) is 19.3 Å². The Hall–Kier alpha value is -2.41. The van der Waals surface area contributed by atoms with E-state index in [0.717, 1.165) is 31.5 Å². The third-order valence-electron chi connectivity index (χ3n) is 6.46. The first-order chi connectivity index (χ1) is 15.4. The van der Waals surface area contributed by atoms with Crippen molar-refractivity contribution >= 4 is 17.7 Å². The molecule has 2 heterocycles. The minimum atomic E-state index is -0.531. The lowest BCUT2D eigenvalue weighted by Gasteiger charge is -2.37. The first-order valence-corrected chi connectivity index (χ1v) is 12.1. The van der Waals surface area contributed by atoms with E-state index < -0.39 is 6.04 Å². The number of amides is 3. The quantitative estimate of drug-likeness (QED) is 0.700. The molecule has 1 aromatic carbocycles. The van der Waals surface area contributed by atoms with Crippen LogP contribution in [0.25, 0.3) is 0 Å². The van der Waals surface area contributed by atoms with Crippen LogP contribution >= 0.6 is 0 Å². The van der Waals surface area contributed by atoms with Gasteiger partial charge in [-0.1, -0.05) is 57.0 Å². The van der Waals surface area contributed by atoms with Crippen LogP contribution in [0.1, 0.15) is 45.1 Å². The van der Waals surface area contributed by atoms with Crippen LogP contribution in [0.5, 0.6) is 0 Å². The van der Waals surface area contributed by atoms with E-state index >= 15 is 0 Å². The van der Waals surface area contributed by atoms with E-state index in [0.29, 0.717) is 32.7 Å². The van der Waals surface area contributed by atoms with Crippen LogP contribution in [0.3, 0.4) is 0 Å². The number of likely N-dealkylation sites (tertiary alicyclic amines) is 1. The molecule has 7 heteroatoms. The Morgan fingerprint density at radius 3 is 2.06 bits per heavy atom. The highest BCUT2D eigenvalue weighted by atomic mass is 16.2. The highest BCUT2D eigenvalue weighted by Crippen LogP contribution is 2.13. The highest BCUT2D eigenvalue weighted by molar-refractivity contribution is 5.88. The number of nitrogens with zero attached hydrogens (tertiary/aromatic N) is 3. The summed E-state index contributed by atoms with van der Waals surface area (Å²) in [4.78, 5) is 44.3. The molecule has 0 aliphatic carbocycles. The first kappa shape index (κ1) is 24.2. The van der Waals surface area contributed by atoms with E-state index in [1.54, 1.807) is 0 Å². The van der Waals surface area contributed by atoms with E-state index in [9.17, 15) is 14.4 Å². The molecule has 1 atom stereocenters. The molecule has 2 aliphatic heterocycles. The Kier molecular flexibility index (Phi) is 9.09. The van der Waals surface area contributed by atoms with Crippen molar-refractivity contribution in [1.29, 1.82) is 0 Å². The molecule has 7 nitrogen and oxygen atoms in total. The Labute approximate surface area is 192 Å². The summed E-state index contributed by atoms with van der Waals surface area (Å²) < 4.78 is 0. The summed E-state index contributed by atoms with van der Waals surface area (Å²) in [6.07, 6.45) is 4.89. The molecule has 1 N–H and O–H groups in total. The largest absolute Gasteiger partial charge is 0.344 e. The van der Waals surface area contributed by atoms with Crippen LogP contribution in [0.2, 0.25) is 0 Å². The van der Waals surface area contributed by atoms with Gasteiger partial charge >= 0.3 is 0 Å². The number of piperazine rings is 1. The molecule has 0 bridgehead atoms. The van der Waals surface area contributed by atoms with Crippen LogP contribution in [0.15, 0.2) is 30.3 Å². The molecule has 2 saturated heterocycles. The topological polar surface area (TPSA) is 73.0 Å². The second kappa shape index (κ2) is 12.0. The summed E-state index contributed by atoms with van der Waals surface area (Å²) in [6, 6.07) is 9.03. The summed E-state index contributed by atoms with van der Waals surface area (Å²) >= 11 is 0. The molecule has 32 heavy (non-hydrogen) atoms. The average molecular weight is 443 g/mol.